The molecule has 1 N–H and O–H groups in total. The third kappa shape index (κ3) is 2.79. The van der Waals surface area contributed by atoms with Crippen LogP contribution in [-0.4, -0.2) is 16.4 Å². The van der Waals surface area contributed by atoms with E-state index in [-0.39, 0.29) is 6.42 Å². The summed E-state index contributed by atoms with van der Waals surface area (Å²) in [5.74, 6) is 0. The zero-order valence-corrected chi connectivity index (χ0v) is 13.4. The van der Waals surface area contributed by atoms with E-state index in [1.165, 1.54) is 0 Å². The molecule has 0 spiro atoms. The van der Waals surface area contributed by atoms with Gasteiger partial charge in [0.05, 0.1) is 12.1 Å². The van der Waals surface area contributed by atoms with E-state index in [1.807, 2.05) is 12.1 Å². The number of rotatable bonds is 3. The molecule has 0 aliphatic carbocycles. The number of hydrogen-bond donors (Lipinski definition) is 1. The molecule has 0 saturated heterocycles. The molecule has 0 radical (unpaired) electrons. The maximum absolute atomic E-state index is 10.6. The van der Waals surface area contributed by atoms with E-state index in [9.17, 15) is 10.4 Å². The lowest BCUT2D eigenvalue weighted by molar-refractivity contribution is -0.0690. The second kappa shape index (κ2) is 6.21. The molecule has 6 heteroatoms. The van der Waals surface area contributed by atoms with Crippen molar-refractivity contribution >= 4 is 28.9 Å². The SMILES string of the molecule is N#CC1(C(O)c2ccccc2Cl)CC(c2ccccc2Cl)=NO1. The number of nitriles is 1. The minimum Gasteiger partial charge on any atom is -0.383 e. The van der Waals surface area contributed by atoms with Crippen LogP contribution in [0.25, 0.3) is 0 Å². The van der Waals surface area contributed by atoms with Crippen molar-refractivity contribution in [3.8, 4) is 6.07 Å². The molecule has 23 heavy (non-hydrogen) atoms. The summed E-state index contributed by atoms with van der Waals surface area (Å²) in [4.78, 5) is 5.34. The number of hydrogen-bond acceptors (Lipinski definition) is 4. The smallest absolute Gasteiger partial charge is 0.257 e. The molecule has 4 nitrogen and oxygen atoms in total. The number of oxime groups is 1. The number of halogens is 2. The Morgan fingerprint density at radius 3 is 2.43 bits per heavy atom. The lowest BCUT2D eigenvalue weighted by atomic mass is 9.86. The average Bonchev–Trinajstić information content (AvgIpc) is 3.01. The van der Waals surface area contributed by atoms with Crippen molar-refractivity contribution < 1.29 is 9.94 Å². The molecule has 2 aromatic rings. The first-order valence-electron chi connectivity index (χ1n) is 6.91. The molecule has 2 unspecified atom stereocenters. The van der Waals surface area contributed by atoms with Crippen LogP contribution in [0.15, 0.2) is 53.7 Å². The van der Waals surface area contributed by atoms with E-state index in [1.54, 1.807) is 42.5 Å². The monoisotopic (exact) mass is 346 g/mol. The highest BCUT2D eigenvalue weighted by Gasteiger charge is 2.48. The molecule has 2 atom stereocenters. The largest absolute Gasteiger partial charge is 0.383 e. The Morgan fingerprint density at radius 1 is 1.13 bits per heavy atom. The molecule has 0 fully saturated rings. The predicted molar refractivity (Wildman–Crippen MR) is 88.4 cm³/mol. The van der Waals surface area contributed by atoms with Gasteiger partial charge in [0.25, 0.3) is 5.60 Å². The third-order valence-corrected chi connectivity index (χ3v) is 4.44. The van der Waals surface area contributed by atoms with E-state index < -0.39 is 11.7 Å². The van der Waals surface area contributed by atoms with Gasteiger partial charge < -0.3 is 9.94 Å². The van der Waals surface area contributed by atoms with E-state index >= 15 is 0 Å². The number of nitrogens with zero attached hydrogens (tertiary/aromatic N) is 2. The fraction of sp³-hybridized carbons (Fsp3) is 0.176. The van der Waals surface area contributed by atoms with Gasteiger partial charge >= 0.3 is 0 Å². The summed E-state index contributed by atoms with van der Waals surface area (Å²) in [6.45, 7) is 0. The average molecular weight is 347 g/mol. The van der Waals surface area contributed by atoms with Crippen molar-refractivity contribution in [1.82, 2.24) is 0 Å². The van der Waals surface area contributed by atoms with Crippen LogP contribution in [0.3, 0.4) is 0 Å². The predicted octanol–water partition coefficient (Wildman–Crippen LogP) is 4.11. The summed E-state index contributed by atoms with van der Waals surface area (Å²) in [5, 5.41) is 25.1. The number of benzene rings is 2. The third-order valence-electron chi connectivity index (χ3n) is 3.76. The van der Waals surface area contributed by atoms with Gasteiger partial charge in [-0.15, -0.1) is 0 Å². The summed E-state index contributed by atoms with van der Waals surface area (Å²) in [7, 11) is 0. The van der Waals surface area contributed by atoms with E-state index in [4.69, 9.17) is 28.0 Å². The zero-order chi connectivity index (χ0) is 16.4. The van der Waals surface area contributed by atoms with Crippen molar-refractivity contribution in [2.45, 2.75) is 18.1 Å². The van der Waals surface area contributed by atoms with Gasteiger partial charge in [-0.2, -0.15) is 5.26 Å². The first kappa shape index (κ1) is 15.8. The van der Waals surface area contributed by atoms with Crippen molar-refractivity contribution in [3.05, 3.63) is 69.7 Å². The highest BCUT2D eigenvalue weighted by atomic mass is 35.5. The van der Waals surface area contributed by atoms with Gasteiger partial charge in [0.15, 0.2) is 0 Å². The lowest BCUT2D eigenvalue weighted by Gasteiger charge is -2.25. The van der Waals surface area contributed by atoms with Gasteiger partial charge in [-0.3, -0.25) is 0 Å². The Bertz CT molecular complexity index is 816. The molecule has 1 heterocycles. The Hall–Kier alpha value is -2.06. The minimum absolute atomic E-state index is 0.111. The summed E-state index contributed by atoms with van der Waals surface area (Å²) in [6, 6.07) is 16.0. The molecule has 2 aromatic carbocycles. The van der Waals surface area contributed by atoms with Crippen molar-refractivity contribution in [2.75, 3.05) is 0 Å². The van der Waals surface area contributed by atoms with E-state index in [2.05, 4.69) is 5.16 Å². The summed E-state index contributed by atoms with van der Waals surface area (Å²) in [6.07, 6.45) is -1.12. The van der Waals surface area contributed by atoms with Crippen molar-refractivity contribution in [1.29, 1.82) is 5.26 Å². The summed E-state index contributed by atoms with van der Waals surface area (Å²) in [5.41, 5.74) is 0.0895. The maximum Gasteiger partial charge on any atom is 0.257 e. The topological polar surface area (TPSA) is 65.6 Å². The molecule has 116 valence electrons. The second-order valence-electron chi connectivity index (χ2n) is 5.21. The zero-order valence-electron chi connectivity index (χ0n) is 11.9. The molecule has 0 bridgehead atoms. The molecule has 3 rings (SSSR count). The highest BCUT2D eigenvalue weighted by Crippen LogP contribution is 2.40. The molecule has 0 aromatic heterocycles. The second-order valence-corrected chi connectivity index (χ2v) is 6.03. The lowest BCUT2D eigenvalue weighted by Crippen LogP contribution is -2.35. The Labute approximate surface area is 143 Å². The normalized spacial score (nSPS) is 21.2. The van der Waals surface area contributed by atoms with Gasteiger partial charge in [-0.1, -0.05) is 64.8 Å². The van der Waals surface area contributed by atoms with Gasteiger partial charge in [0.2, 0.25) is 0 Å². The molecule has 0 saturated carbocycles. The van der Waals surface area contributed by atoms with Crippen LogP contribution < -0.4 is 0 Å². The maximum atomic E-state index is 10.6. The van der Waals surface area contributed by atoms with Crippen LogP contribution in [-0.2, 0) is 4.84 Å². The Kier molecular flexibility index (Phi) is 4.27. The first-order chi connectivity index (χ1) is 11.1. The van der Waals surface area contributed by atoms with Crippen LogP contribution in [0.1, 0.15) is 23.7 Å². The van der Waals surface area contributed by atoms with Crippen LogP contribution in [0.5, 0.6) is 0 Å². The molecule has 1 aliphatic heterocycles. The van der Waals surface area contributed by atoms with Crippen molar-refractivity contribution in [3.63, 3.8) is 0 Å². The number of aliphatic hydroxyl groups is 1. The van der Waals surface area contributed by atoms with Crippen LogP contribution in [0.2, 0.25) is 10.0 Å². The van der Waals surface area contributed by atoms with E-state index in [0.29, 0.717) is 26.9 Å². The molecular formula is C17H12Cl2N2O2. The fourth-order valence-corrected chi connectivity index (χ4v) is 2.99. The Balaban J connectivity index is 1.93. The Morgan fingerprint density at radius 2 is 1.78 bits per heavy atom. The first-order valence-corrected chi connectivity index (χ1v) is 7.67. The van der Waals surface area contributed by atoms with Crippen LogP contribution >= 0.6 is 23.2 Å². The standard InChI is InChI=1S/C17H12Cl2N2O2/c18-13-7-3-1-5-11(13)15-9-17(10-20,23-21-15)16(22)12-6-2-4-8-14(12)19/h1-8,16,22H,9H2. The summed E-state index contributed by atoms with van der Waals surface area (Å²) < 4.78 is 0. The fourth-order valence-electron chi connectivity index (χ4n) is 2.51. The quantitative estimate of drug-likeness (QED) is 0.909. The molecular weight excluding hydrogens is 335 g/mol. The van der Waals surface area contributed by atoms with E-state index in [0.717, 1.165) is 0 Å². The summed E-state index contributed by atoms with van der Waals surface area (Å²) >= 11 is 12.3. The molecule has 1 aliphatic rings. The highest BCUT2D eigenvalue weighted by molar-refractivity contribution is 6.34. The van der Waals surface area contributed by atoms with Gasteiger partial charge in [0, 0.05) is 21.2 Å². The number of aliphatic hydroxyl groups excluding tert-OH is 1. The van der Waals surface area contributed by atoms with Crippen LogP contribution in [0.4, 0.5) is 0 Å². The van der Waals surface area contributed by atoms with Gasteiger partial charge in [0.1, 0.15) is 12.2 Å². The minimum atomic E-state index is -1.53. The van der Waals surface area contributed by atoms with Gasteiger partial charge in [-0.05, 0) is 12.1 Å². The van der Waals surface area contributed by atoms with Crippen molar-refractivity contribution in [2.24, 2.45) is 5.16 Å². The van der Waals surface area contributed by atoms with Gasteiger partial charge in [-0.25, -0.2) is 0 Å². The van der Waals surface area contributed by atoms with Crippen LogP contribution in [0, 0.1) is 11.3 Å². The molecule has 0 amide bonds.